The molecule has 102 valence electrons. The minimum Gasteiger partial charge on any atom is -0.459 e. The average Bonchev–Trinajstić information content (AvgIpc) is 2.75. The minimum atomic E-state index is -0.764. The number of nitrogens with one attached hydrogen (secondary N) is 1. The van der Waals surface area contributed by atoms with Gasteiger partial charge in [0, 0.05) is 6.04 Å². The van der Waals surface area contributed by atoms with Gasteiger partial charge in [0.05, 0.1) is 6.61 Å². The predicted octanol–water partition coefficient (Wildman–Crippen LogP) is 1.88. The van der Waals surface area contributed by atoms with Gasteiger partial charge in [-0.25, -0.2) is 4.79 Å². The summed E-state index contributed by atoms with van der Waals surface area (Å²) in [7, 11) is 0. The van der Waals surface area contributed by atoms with Crippen LogP contribution in [0.3, 0.4) is 0 Å². The van der Waals surface area contributed by atoms with Gasteiger partial charge in [-0.3, -0.25) is 4.79 Å². The zero-order chi connectivity index (χ0) is 13.6. The first-order chi connectivity index (χ1) is 8.31. The lowest BCUT2D eigenvalue weighted by atomic mass is 9.68. The van der Waals surface area contributed by atoms with Crippen LogP contribution in [-0.4, -0.2) is 24.5 Å². The van der Waals surface area contributed by atoms with Crippen molar-refractivity contribution in [1.29, 1.82) is 0 Å². The van der Waals surface area contributed by atoms with Gasteiger partial charge in [0.25, 0.3) is 0 Å². The standard InChI is InChI=1S/C14H23NO3/c1-5-18-11(17)10(16)15-12-13(2,3)9-6-7-14(12,4)8-9/h9,12H,5-8H2,1-4H3,(H,15,16). The highest BCUT2D eigenvalue weighted by atomic mass is 16.5. The summed E-state index contributed by atoms with van der Waals surface area (Å²) in [5, 5.41) is 2.91. The van der Waals surface area contributed by atoms with Crippen molar-refractivity contribution >= 4 is 11.9 Å². The smallest absolute Gasteiger partial charge is 0.396 e. The highest BCUT2D eigenvalue weighted by Gasteiger charge is 2.59. The van der Waals surface area contributed by atoms with E-state index in [2.05, 4.69) is 26.1 Å². The summed E-state index contributed by atoms with van der Waals surface area (Å²) >= 11 is 0. The maximum Gasteiger partial charge on any atom is 0.396 e. The Labute approximate surface area is 108 Å². The van der Waals surface area contributed by atoms with Gasteiger partial charge in [-0.15, -0.1) is 0 Å². The molecule has 2 fully saturated rings. The first-order valence-corrected chi connectivity index (χ1v) is 6.79. The lowest BCUT2D eigenvalue weighted by Gasteiger charge is -2.42. The van der Waals surface area contributed by atoms with Crippen molar-refractivity contribution in [1.82, 2.24) is 5.32 Å². The number of hydrogen-bond acceptors (Lipinski definition) is 3. The van der Waals surface area contributed by atoms with E-state index in [9.17, 15) is 9.59 Å². The van der Waals surface area contributed by atoms with E-state index < -0.39 is 11.9 Å². The van der Waals surface area contributed by atoms with Gasteiger partial charge in [-0.2, -0.15) is 0 Å². The Kier molecular flexibility index (Phi) is 3.16. The van der Waals surface area contributed by atoms with E-state index in [0.717, 1.165) is 12.8 Å². The fraction of sp³-hybridized carbons (Fsp3) is 0.857. The third-order valence-corrected chi connectivity index (χ3v) is 5.01. The Bertz CT molecular complexity index is 372. The third-order valence-electron chi connectivity index (χ3n) is 5.01. The summed E-state index contributed by atoms with van der Waals surface area (Å²) in [5.41, 5.74) is 0.200. The van der Waals surface area contributed by atoms with Crippen LogP contribution in [0.15, 0.2) is 0 Å². The summed E-state index contributed by atoms with van der Waals surface area (Å²) in [6.45, 7) is 8.54. The number of hydrogen-bond donors (Lipinski definition) is 1. The molecule has 18 heavy (non-hydrogen) atoms. The van der Waals surface area contributed by atoms with E-state index in [1.165, 1.54) is 6.42 Å². The Balaban J connectivity index is 2.09. The SMILES string of the molecule is CCOC(=O)C(=O)NC1C2(C)CCC(C2)C1(C)C. The van der Waals surface area contributed by atoms with Gasteiger partial charge in [-0.1, -0.05) is 20.8 Å². The minimum absolute atomic E-state index is 0.0646. The first kappa shape index (κ1) is 13.4. The van der Waals surface area contributed by atoms with E-state index in [1.807, 2.05) is 0 Å². The van der Waals surface area contributed by atoms with Crippen LogP contribution in [-0.2, 0) is 14.3 Å². The van der Waals surface area contributed by atoms with Crippen LogP contribution in [0.2, 0.25) is 0 Å². The van der Waals surface area contributed by atoms with Crippen molar-refractivity contribution in [3.05, 3.63) is 0 Å². The molecule has 1 amide bonds. The maximum atomic E-state index is 11.8. The topological polar surface area (TPSA) is 55.4 Å². The fourth-order valence-electron chi connectivity index (χ4n) is 4.05. The van der Waals surface area contributed by atoms with Crippen LogP contribution in [0.1, 0.15) is 47.0 Å². The van der Waals surface area contributed by atoms with E-state index >= 15 is 0 Å². The van der Waals surface area contributed by atoms with Gasteiger partial charge < -0.3 is 10.1 Å². The second-order valence-electron chi connectivity index (χ2n) is 6.54. The zero-order valence-electron chi connectivity index (χ0n) is 11.7. The van der Waals surface area contributed by atoms with Gasteiger partial charge in [0.1, 0.15) is 0 Å². The molecule has 0 radical (unpaired) electrons. The number of esters is 1. The van der Waals surface area contributed by atoms with E-state index in [-0.39, 0.29) is 23.5 Å². The highest BCUT2D eigenvalue weighted by Crippen LogP contribution is 2.62. The molecule has 2 aliphatic rings. The summed E-state index contributed by atoms with van der Waals surface area (Å²) in [5.74, 6) is -0.710. The maximum absolute atomic E-state index is 11.8. The molecule has 0 spiro atoms. The molecular weight excluding hydrogens is 230 g/mol. The third kappa shape index (κ3) is 1.91. The van der Waals surface area contributed by atoms with E-state index in [0.29, 0.717) is 5.92 Å². The number of carbonyl (C=O) groups is 2. The Morgan fingerprint density at radius 3 is 2.50 bits per heavy atom. The second-order valence-corrected chi connectivity index (χ2v) is 6.54. The van der Waals surface area contributed by atoms with E-state index in [4.69, 9.17) is 4.74 Å². The van der Waals surface area contributed by atoms with Crippen molar-refractivity contribution in [2.75, 3.05) is 6.61 Å². The number of carbonyl (C=O) groups excluding carboxylic acids is 2. The lowest BCUT2D eigenvalue weighted by molar-refractivity contribution is -0.155. The van der Waals surface area contributed by atoms with Crippen LogP contribution >= 0.6 is 0 Å². The molecule has 0 aliphatic heterocycles. The van der Waals surface area contributed by atoms with Crippen molar-refractivity contribution < 1.29 is 14.3 Å². The number of rotatable bonds is 2. The average molecular weight is 253 g/mol. The molecule has 0 aromatic heterocycles. The second kappa shape index (κ2) is 4.25. The van der Waals surface area contributed by atoms with Crippen molar-refractivity contribution in [3.8, 4) is 0 Å². The van der Waals surface area contributed by atoms with Crippen LogP contribution < -0.4 is 5.32 Å². The summed E-state index contributed by atoms with van der Waals surface area (Å²) in [6.07, 6.45) is 3.51. The van der Waals surface area contributed by atoms with Crippen LogP contribution in [0, 0.1) is 16.7 Å². The Morgan fingerprint density at radius 1 is 1.33 bits per heavy atom. The van der Waals surface area contributed by atoms with E-state index in [1.54, 1.807) is 6.92 Å². The summed E-state index contributed by atoms with van der Waals surface area (Å²) < 4.78 is 4.74. The first-order valence-electron chi connectivity index (χ1n) is 6.79. The van der Waals surface area contributed by atoms with Crippen molar-refractivity contribution in [2.24, 2.45) is 16.7 Å². The molecule has 2 saturated carbocycles. The van der Waals surface area contributed by atoms with Gasteiger partial charge in [0.2, 0.25) is 0 Å². The van der Waals surface area contributed by atoms with Crippen LogP contribution in [0.5, 0.6) is 0 Å². The molecule has 2 aliphatic carbocycles. The van der Waals surface area contributed by atoms with Crippen molar-refractivity contribution in [3.63, 3.8) is 0 Å². The monoisotopic (exact) mass is 253 g/mol. The molecule has 2 rings (SSSR count). The predicted molar refractivity (Wildman–Crippen MR) is 67.8 cm³/mol. The van der Waals surface area contributed by atoms with Crippen molar-refractivity contribution in [2.45, 2.75) is 53.0 Å². The quantitative estimate of drug-likeness (QED) is 0.604. The Hall–Kier alpha value is -1.06. The fourth-order valence-corrected chi connectivity index (χ4v) is 4.05. The normalized spacial score (nSPS) is 36.4. The molecule has 4 nitrogen and oxygen atoms in total. The Morgan fingerprint density at radius 2 is 2.00 bits per heavy atom. The van der Waals surface area contributed by atoms with Gasteiger partial charge in [0.15, 0.2) is 0 Å². The molecule has 2 bridgehead atoms. The van der Waals surface area contributed by atoms with Gasteiger partial charge >= 0.3 is 11.9 Å². The van der Waals surface area contributed by atoms with Gasteiger partial charge in [-0.05, 0) is 42.9 Å². The zero-order valence-corrected chi connectivity index (χ0v) is 11.7. The summed E-state index contributed by atoms with van der Waals surface area (Å²) in [4.78, 5) is 23.2. The summed E-state index contributed by atoms with van der Waals surface area (Å²) in [6, 6.07) is 0.0701. The number of ether oxygens (including phenoxy) is 1. The molecule has 0 aromatic carbocycles. The molecule has 3 atom stereocenters. The largest absolute Gasteiger partial charge is 0.459 e. The highest BCUT2D eigenvalue weighted by molar-refractivity contribution is 6.32. The molecule has 0 aromatic rings. The van der Waals surface area contributed by atoms with Crippen LogP contribution in [0.4, 0.5) is 0 Å². The molecule has 0 saturated heterocycles. The molecule has 4 heteroatoms. The lowest BCUT2D eigenvalue weighted by Crippen LogP contribution is -2.54. The molecule has 0 heterocycles. The molecular formula is C14H23NO3. The molecule has 3 unspecified atom stereocenters. The number of amides is 1. The molecule has 1 N–H and O–H groups in total. The number of fused-ring (bicyclic) bond motifs is 2. The van der Waals surface area contributed by atoms with Crippen LogP contribution in [0.25, 0.3) is 0 Å².